The van der Waals surface area contributed by atoms with E-state index in [1.165, 1.54) is 19.3 Å². The largest absolute Gasteiger partial charge is 0.478 e. The van der Waals surface area contributed by atoms with Gasteiger partial charge in [-0.15, -0.1) is 0 Å². The number of hydrogen-bond acceptors (Lipinski definition) is 3. The van der Waals surface area contributed by atoms with E-state index in [1.807, 2.05) is 13.1 Å². The van der Waals surface area contributed by atoms with Gasteiger partial charge in [-0.25, -0.2) is 4.79 Å². The van der Waals surface area contributed by atoms with Crippen molar-refractivity contribution < 1.29 is 9.90 Å². The lowest BCUT2D eigenvalue weighted by atomic mass is 9.75. The van der Waals surface area contributed by atoms with Crippen molar-refractivity contribution in [2.45, 2.75) is 24.8 Å². The number of benzene rings is 1. The van der Waals surface area contributed by atoms with E-state index in [0.717, 1.165) is 16.7 Å². The predicted molar refractivity (Wildman–Crippen MR) is 84.6 cm³/mol. The molecule has 1 aliphatic carbocycles. The van der Waals surface area contributed by atoms with Gasteiger partial charge in [0, 0.05) is 29.3 Å². The van der Waals surface area contributed by atoms with Gasteiger partial charge in [-0.05, 0) is 51.6 Å². The Balaban J connectivity index is 2.21. The average Bonchev–Trinajstić information content (AvgIpc) is 2.32. The summed E-state index contributed by atoms with van der Waals surface area (Å²) < 4.78 is 0.798. The average molecular weight is 341 g/mol. The molecule has 0 heterocycles. The maximum absolute atomic E-state index is 11.1. The van der Waals surface area contributed by atoms with Crippen LogP contribution < -0.4 is 4.90 Å². The zero-order chi connectivity index (χ0) is 14.9. The van der Waals surface area contributed by atoms with Crippen molar-refractivity contribution in [2.24, 2.45) is 0 Å². The highest BCUT2D eigenvalue weighted by Gasteiger charge is 2.40. The van der Waals surface area contributed by atoms with Gasteiger partial charge in [0.25, 0.3) is 0 Å². The monoisotopic (exact) mass is 340 g/mol. The summed E-state index contributed by atoms with van der Waals surface area (Å²) in [5, 5.41) is 9.15. The second-order valence-corrected chi connectivity index (χ2v) is 6.75. The number of halogens is 1. The van der Waals surface area contributed by atoms with E-state index < -0.39 is 5.97 Å². The summed E-state index contributed by atoms with van der Waals surface area (Å²) in [4.78, 5) is 15.6. The van der Waals surface area contributed by atoms with Gasteiger partial charge in [0.2, 0.25) is 0 Å². The molecule has 0 saturated heterocycles. The Morgan fingerprint density at radius 1 is 1.30 bits per heavy atom. The first-order chi connectivity index (χ1) is 9.34. The molecule has 0 unspecified atom stereocenters. The van der Waals surface area contributed by atoms with Crippen molar-refractivity contribution in [1.82, 2.24) is 4.90 Å². The van der Waals surface area contributed by atoms with Crippen LogP contribution >= 0.6 is 15.9 Å². The third-order valence-corrected chi connectivity index (χ3v) is 4.79. The van der Waals surface area contributed by atoms with Gasteiger partial charge in [-0.3, -0.25) is 0 Å². The van der Waals surface area contributed by atoms with Crippen LogP contribution in [0.3, 0.4) is 0 Å². The molecular weight excluding hydrogens is 320 g/mol. The molecule has 1 aromatic rings. The third-order valence-electron chi connectivity index (χ3n) is 4.33. The highest BCUT2D eigenvalue weighted by Crippen LogP contribution is 2.37. The van der Waals surface area contributed by atoms with Crippen LogP contribution in [0.4, 0.5) is 5.69 Å². The lowest BCUT2D eigenvalue weighted by Gasteiger charge is -2.49. The van der Waals surface area contributed by atoms with Gasteiger partial charge in [0.1, 0.15) is 0 Å². The van der Waals surface area contributed by atoms with Gasteiger partial charge in [0.15, 0.2) is 0 Å². The van der Waals surface area contributed by atoms with E-state index >= 15 is 0 Å². The Morgan fingerprint density at radius 2 is 1.95 bits per heavy atom. The molecule has 0 amide bonds. The summed E-state index contributed by atoms with van der Waals surface area (Å²) in [6, 6.07) is 5.33. The molecule has 0 bridgehead atoms. The molecule has 1 aliphatic rings. The fourth-order valence-corrected chi connectivity index (χ4v) is 3.26. The van der Waals surface area contributed by atoms with E-state index in [0.29, 0.717) is 5.56 Å². The summed E-state index contributed by atoms with van der Waals surface area (Å²) in [6.07, 6.45) is 3.67. The minimum absolute atomic E-state index is 0.223. The lowest BCUT2D eigenvalue weighted by molar-refractivity contribution is 0.0682. The quantitative estimate of drug-likeness (QED) is 0.894. The van der Waals surface area contributed by atoms with E-state index in [-0.39, 0.29) is 5.54 Å². The van der Waals surface area contributed by atoms with E-state index in [9.17, 15) is 4.79 Å². The molecule has 0 radical (unpaired) electrons. The number of hydrogen-bond donors (Lipinski definition) is 1. The number of carbonyl (C=O) groups is 1. The highest BCUT2D eigenvalue weighted by atomic mass is 79.9. The van der Waals surface area contributed by atoms with Crippen LogP contribution in [0.15, 0.2) is 22.7 Å². The molecule has 0 aromatic heterocycles. The molecule has 1 saturated carbocycles. The van der Waals surface area contributed by atoms with Gasteiger partial charge < -0.3 is 14.9 Å². The molecule has 2 rings (SSSR count). The number of anilines is 1. The number of nitrogens with zero attached hydrogens (tertiary/aromatic N) is 2. The van der Waals surface area contributed by atoms with Crippen molar-refractivity contribution in [3.8, 4) is 0 Å². The van der Waals surface area contributed by atoms with Crippen molar-refractivity contribution in [2.75, 3.05) is 32.6 Å². The Labute approximate surface area is 128 Å². The van der Waals surface area contributed by atoms with Gasteiger partial charge >= 0.3 is 5.97 Å². The van der Waals surface area contributed by atoms with Crippen molar-refractivity contribution in [3.05, 3.63) is 28.2 Å². The van der Waals surface area contributed by atoms with Crippen LogP contribution in [0.1, 0.15) is 29.6 Å². The summed E-state index contributed by atoms with van der Waals surface area (Å²) in [5.41, 5.74) is 1.47. The first kappa shape index (κ1) is 15.3. The maximum Gasteiger partial charge on any atom is 0.335 e. The van der Waals surface area contributed by atoms with E-state index in [2.05, 4.69) is 39.8 Å². The first-order valence-corrected chi connectivity index (χ1v) is 7.56. The summed E-state index contributed by atoms with van der Waals surface area (Å²) >= 11 is 3.39. The Morgan fingerprint density at radius 3 is 2.40 bits per heavy atom. The van der Waals surface area contributed by atoms with E-state index in [1.54, 1.807) is 12.1 Å². The molecule has 0 aliphatic heterocycles. The molecule has 110 valence electrons. The molecule has 0 spiro atoms. The van der Waals surface area contributed by atoms with Crippen LogP contribution in [0.25, 0.3) is 0 Å². The topological polar surface area (TPSA) is 43.8 Å². The number of aromatic carboxylic acids is 1. The van der Waals surface area contributed by atoms with Gasteiger partial charge in [-0.1, -0.05) is 15.9 Å². The SMILES string of the molecule is CN(CC1(N(C)C)CCC1)c1cc(Br)cc(C(=O)O)c1. The van der Waals surface area contributed by atoms with Crippen LogP contribution in [-0.2, 0) is 0 Å². The molecule has 5 heteroatoms. The molecular formula is C15H21BrN2O2. The summed E-state index contributed by atoms with van der Waals surface area (Å²) in [5.74, 6) is -0.896. The van der Waals surface area contributed by atoms with Crippen molar-refractivity contribution in [3.63, 3.8) is 0 Å². The Kier molecular flexibility index (Phi) is 4.39. The second-order valence-electron chi connectivity index (χ2n) is 5.83. The molecule has 0 atom stereocenters. The van der Waals surface area contributed by atoms with Crippen molar-refractivity contribution >= 4 is 27.6 Å². The normalized spacial score (nSPS) is 16.9. The Bertz CT molecular complexity index is 513. The number of carboxylic acids is 1. The standard InChI is InChI=1S/C15H21BrN2O2/c1-17(2)15(5-4-6-15)10-18(3)13-8-11(14(19)20)7-12(16)9-13/h7-9H,4-6,10H2,1-3H3,(H,19,20). The van der Waals surface area contributed by atoms with Crippen molar-refractivity contribution in [1.29, 1.82) is 0 Å². The summed E-state index contributed by atoms with van der Waals surface area (Å²) in [6.45, 7) is 0.912. The molecule has 20 heavy (non-hydrogen) atoms. The molecule has 1 N–H and O–H groups in total. The number of rotatable bonds is 5. The second kappa shape index (κ2) is 5.74. The fraction of sp³-hybridized carbons (Fsp3) is 0.533. The zero-order valence-electron chi connectivity index (χ0n) is 12.2. The predicted octanol–water partition coefficient (Wildman–Crippen LogP) is 3.07. The maximum atomic E-state index is 11.1. The minimum atomic E-state index is -0.896. The summed E-state index contributed by atoms with van der Waals surface area (Å²) in [7, 11) is 6.27. The number of carboxylic acid groups (broad SMARTS) is 1. The molecule has 1 aromatic carbocycles. The molecule has 4 nitrogen and oxygen atoms in total. The smallest absolute Gasteiger partial charge is 0.335 e. The Hall–Kier alpha value is -1.07. The minimum Gasteiger partial charge on any atom is -0.478 e. The van der Waals surface area contributed by atoms with Crippen LogP contribution in [-0.4, -0.2) is 49.2 Å². The number of likely N-dealkylation sites (N-methyl/N-ethyl adjacent to an activating group) is 2. The van der Waals surface area contributed by atoms with Crippen LogP contribution in [0.2, 0.25) is 0 Å². The van der Waals surface area contributed by atoms with E-state index in [4.69, 9.17) is 5.11 Å². The lowest BCUT2D eigenvalue weighted by Crippen LogP contribution is -2.56. The van der Waals surface area contributed by atoms with Crippen LogP contribution in [0, 0.1) is 0 Å². The third kappa shape index (κ3) is 2.99. The molecule has 1 fully saturated rings. The van der Waals surface area contributed by atoms with Crippen LogP contribution in [0.5, 0.6) is 0 Å². The highest BCUT2D eigenvalue weighted by molar-refractivity contribution is 9.10. The van der Waals surface area contributed by atoms with Gasteiger partial charge in [-0.2, -0.15) is 0 Å². The first-order valence-electron chi connectivity index (χ1n) is 6.76. The fourth-order valence-electron chi connectivity index (χ4n) is 2.78. The zero-order valence-corrected chi connectivity index (χ0v) is 13.8. The van der Waals surface area contributed by atoms with Gasteiger partial charge in [0.05, 0.1) is 5.56 Å².